The number of nitrogens with one attached hydrogen (secondary N) is 2. The summed E-state index contributed by atoms with van der Waals surface area (Å²) in [6, 6.07) is 5.68. The maximum atomic E-state index is 11.6. The lowest BCUT2D eigenvalue weighted by molar-refractivity contribution is 0.517. The molecule has 0 saturated carbocycles. The molecule has 0 aliphatic heterocycles. The lowest BCUT2D eigenvalue weighted by Crippen LogP contribution is -2.30. The maximum Gasteiger partial charge on any atom is 0.214 e. The molecule has 0 atom stereocenters. The summed E-state index contributed by atoms with van der Waals surface area (Å²) in [5.41, 5.74) is 2.08. The molecule has 20 heavy (non-hydrogen) atoms. The molecule has 0 aliphatic rings. The van der Waals surface area contributed by atoms with Crippen molar-refractivity contribution in [2.24, 2.45) is 0 Å². The number of benzene rings is 1. The third-order valence-electron chi connectivity index (χ3n) is 3.14. The molecule has 0 bridgehead atoms. The van der Waals surface area contributed by atoms with Gasteiger partial charge in [-0.1, -0.05) is 17.7 Å². The van der Waals surface area contributed by atoms with E-state index in [0.717, 1.165) is 16.5 Å². The molecule has 2 rings (SSSR count). The van der Waals surface area contributed by atoms with E-state index in [1.165, 1.54) is 4.31 Å². The zero-order chi connectivity index (χ0) is 14.8. The summed E-state index contributed by atoms with van der Waals surface area (Å²) in [6.07, 6.45) is 1.91. The highest BCUT2D eigenvalue weighted by molar-refractivity contribution is 7.89. The molecular formula is C13H18ClN3O2S. The minimum atomic E-state index is -3.14. The van der Waals surface area contributed by atoms with Crippen molar-refractivity contribution in [1.29, 1.82) is 0 Å². The Morgan fingerprint density at radius 3 is 2.80 bits per heavy atom. The van der Waals surface area contributed by atoms with Gasteiger partial charge in [-0.3, -0.25) is 0 Å². The summed E-state index contributed by atoms with van der Waals surface area (Å²) in [6.45, 7) is 1.03. The highest BCUT2D eigenvalue weighted by Crippen LogP contribution is 2.21. The number of aromatic nitrogens is 1. The topological polar surface area (TPSA) is 65.2 Å². The van der Waals surface area contributed by atoms with E-state index in [9.17, 15) is 8.42 Å². The standard InChI is InChI=1S/C13H18ClN3O2S/c1-17(2)20(18,19)6-5-15-8-10-9-16-13-7-11(14)3-4-12(10)13/h3-4,7,9,15-16H,5-6,8H2,1-2H3. The Morgan fingerprint density at radius 1 is 1.35 bits per heavy atom. The summed E-state index contributed by atoms with van der Waals surface area (Å²) >= 11 is 5.93. The van der Waals surface area contributed by atoms with E-state index in [4.69, 9.17) is 11.6 Å². The van der Waals surface area contributed by atoms with Crippen LogP contribution < -0.4 is 5.32 Å². The van der Waals surface area contributed by atoms with Crippen molar-refractivity contribution >= 4 is 32.5 Å². The van der Waals surface area contributed by atoms with Crippen molar-refractivity contribution in [2.75, 3.05) is 26.4 Å². The lowest BCUT2D eigenvalue weighted by atomic mass is 10.2. The van der Waals surface area contributed by atoms with Crippen molar-refractivity contribution in [1.82, 2.24) is 14.6 Å². The second kappa shape index (κ2) is 6.13. The molecule has 1 aromatic carbocycles. The van der Waals surface area contributed by atoms with E-state index in [2.05, 4.69) is 10.3 Å². The second-order valence-corrected chi connectivity index (χ2v) is 7.52. The van der Waals surface area contributed by atoms with E-state index < -0.39 is 10.0 Å². The van der Waals surface area contributed by atoms with Crippen LogP contribution in [-0.2, 0) is 16.6 Å². The minimum absolute atomic E-state index is 0.0915. The summed E-state index contributed by atoms with van der Waals surface area (Å²) in [7, 11) is -0.0610. The van der Waals surface area contributed by atoms with Gasteiger partial charge in [0.25, 0.3) is 0 Å². The minimum Gasteiger partial charge on any atom is -0.361 e. The lowest BCUT2D eigenvalue weighted by Gasteiger charge is -2.11. The number of hydrogen-bond acceptors (Lipinski definition) is 3. The number of fused-ring (bicyclic) bond motifs is 1. The molecule has 5 nitrogen and oxygen atoms in total. The van der Waals surface area contributed by atoms with Gasteiger partial charge in [-0.25, -0.2) is 12.7 Å². The summed E-state index contributed by atoms with van der Waals surface area (Å²) < 4.78 is 24.5. The Bertz CT molecular complexity index is 695. The van der Waals surface area contributed by atoms with Crippen LogP contribution in [0.4, 0.5) is 0 Å². The molecule has 0 fully saturated rings. The first-order chi connectivity index (χ1) is 9.40. The van der Waals surface area contributed by atoms with Crippen LogP contribution in [0.1, 0.15) is 5.56 Å². The Balaban J connectivity index is 1.94. The van der Waals surface area contributed by atoms with E-state index >= 15 is 0 Å². The number of H-pyrrole nitrogens is 1. The third-order valence-corrected chi connectivity index (χ3v) is 5.21. The van der Waals surface area contributed by atoms with E-state index in [1.54, 1.807) is 14.1 Å². The molecule has 0 saturated heterocycles. The van der Waals surface area contributed by atoms with Gasteiger partial charge in [0.05, 0.1) is 5.75 Å². The SMILES string of the molecule is CN(C)S(=O)(=O)CCNCc1c[nH]c2cc(Cl)ccc12. The molecule has 7 heteroatoms. The molecule has 110 valence electrons. The average molecular weight is 316 g/mol. The Kier molecular flexibility index (Phi) is 4.70. The predicted molar refractivity (Wildman–Crippen MR) is 82.5 cm³/mol. The van der Waals surface area contributed by atoms with Crippen molar-refractivity contribution < 1.29 is 8.42 Å². The van der Waals surface area contributed by atoms with Gasteiger partial charge >= 0.3 is 0 Å². The van der Waals surface area contributed by atoms with Gasteiger partial charge in [-0.2, -0.15) is 0 Å². The molecule has 2 aromatic rings. The van der Waals surface area contributed by atoms with Crippen LogP contribution in [0.2, 0.25) is 5.02 Å². The normalized spacial score (nSPS) is 12.4. The molecule has 0 unspecified atom stereocenters. The molecule has 0 amide bonds. The number of nitrogens with zero attached hydrogens (tertiary/aromatic N) is 1. The fraction of sp³-hybridized carbons (Fsp3) is 0.385. The first-order valence-corrected chi connectivity index (χ1v) is 8.25. The van der Waals surface area contributed by atoms with Gasteiger partial charge in [0.15, 0.2) is 0 Å². The first kappa shape index (κ1) is 15.3. The largest absolute Gasteiger partial charge is 0.361 e. The van der Waals surface area contributed by atoms with Gasteiger partial charge in [-0.05, 0) is 17.7 Å². The van der Waals surface area contributed by atoms with Gasteiger partial charge < -0.3 is 10.3 Å². The van der Waals surface area contributed by atoms with Crippen molar-refractivity contribution in [3.8, 4) is 0 Å². The van der Waals surface area contributed by atoms with Crippen LogP contribution in [0.3, 0.4) is 0 Å². The summed E-state index contributed by atoms with van der Waals surface area (Å²) in [4.78, 5) is 3.15. The van der Waals surface area contributed by atoms with Crippen LogP contribution >= 0.6 is 11.6 Å². The fourth-order valence-corrected chi connectivity index (χ4v) is 2.85. The monoisotopic (exact) mass is 315 g/mol. The predicted octanol–water partition coefficient (Wildman–Crippen LogP) is 1.80. The zero-order valence-electron chi connectivity index (χ0n) is 11.5. The Labute approximate surface area is 124 Å². The van der Waals surface area contributed by atoms with Gasteiger partial charge in [0.2, 0.25) is 10.0 Å². The summed E-state index contributed by atoms with van der Waals surface area (Å²) in [5.74, 6) is 0.0915. The number of hydrogen-bond donors (Lipinski definition) is 2. The molecule has 0 radical (unpaired) electrons. The van der Waals surface area contributed by atoms with E-state index in [1.807, 2.05) is 24.4 Å². The van der Waals surface area contributed by atoms with E-state index in [-0.39, 0.29) is 5.75 Å². The van der Waals surface area contributed by atoms with Gasteiger partial charge in [-0.15, -0.1) is 0 Å². The second-order valence-electron chi connectivity index (χ2n) is 4.78. The fourth-order valence-electron chi connectivity index (χ4n) is 1.91. The number of sulfonamides is 1. The maximum absolute atomic E-state index is 11.6. The molecule has 1 aromatic heterocycles. The van der Waals surface area contributed by atoms with Crippen LogP contribution in [0.15, 0.2) is 24.4 Å². The molecule has 2 N–H and O–H groups in total. The van der Waals surface area contributed by atoms with Crippen LogP contribution in [0.5, 0.6) is 0 Å². The van der Waals surface area contributed by atoms with Gasteiger partial charge in [0.1, 0.15) is 0 Å². The molecular weight excluding hydrogens is 298 g/mol. The van der Waals surface area contributed by atoms with Crippen LogP contribution in [0, 0.1) is 0 Å². The number of aromatic amines is 1. The van der Waals surface area contributed by atoms with Crippen molar-refractivity contribution in [3.63, 3.8) is 0 Å². The van der Waals surface area contributed by atoms with Crippen LogP contribution in [-0.4, -0.2) is 44.1 Å². The highest BCUT2D eigenvalue weighted by Gasteiger charge is 2.12. The Hall–Kier alpha value is -1.08. The van der Waals surface area contributed by atoms with Crippen molar-refractivity contribution in [2.45, 2.75) is 6.54 Å². The average Bonchev–Trinajstić information content (AvgIpc) is 2.76. The van der Waals surface area contributed by atoms with E-state index in [0.29, 0.717) is 18.1 Å². The van der Waals surface area contributed by atoms with Crippen molar-refractivity contribution in [3.05, 3.63) is 35.0 Å². The highest BCUT2D eigenvalue weighted by atomic mass is 35.5. The molecule has 0 aliphatic carbocycles. The summed E-state index contributed by atoms with van der Waals surface area (Å²) in [5, 5.41) is 4.93. The smallest absolute Gasteiger partial charge is 0.214 e. The first-order valence-electron chi connectivity index (χ1n) is 6.26. The Morgan fingerprint density at radius 2 is 2.10 bits per heavy atom. The molecule has 1 heterocycles. The quantitative estimate of drug-likeness (QED) is 0.799. The van der Waals surface area contributed by atoms with Gasteiger partial charge in [0, 0.05) is 49.3 Å². The number of halogens is 1. The number of rotatable bonds is 6. The van der Waals surface area contributed by atoms with Crippen LogP contribution in [0.25, 0.3) is 10.9 Å². The zero-order valence-corrected chi connectivity index (χ0v) is 13.1. The third kappa shape index (κ3) is 3.52. The molecule has 0 spiro atoms.